The number of thiophene rings is 1. The van der Waals surface area contributed by atoms with Gasteiger partial charge >= 0.3 is 5.97 Å². The van der Waals surface area contributed by atoms with Crippen LogP contribution in [-0.2, 0) is 0 Å². The summed E-state index contributed by atoms with van der Waals surface area (Å²) < 4.78 is 13.5. The smallest absolute Gasteiger partial charge is 0.338 e. The molecule has 0 fully saturated rings. The minimum absolute atomic E-state index is 0.0530. The molecule has 2 rings (SSSR count). The maximum atomic E-state index is 13.5. The van der Waals surface area contributed by atoms with E-state index in [1.807, 2.05) is 0 Å². The summed E-state index contributed by atoms with van der Waals surface area (Å²) in [6.45, 7) is 3.44. The molecule has 0 bridgehead atoms. The zero-order valence-electron chi connectivity index (χ0n) is 10.9. The fourth-order valence-electron chi connectivity index (χ4n) is 1.79. The van der Waals surface area contributed by atoms with Crippen molar-refractivity contribution < 1.29 is 19.1 Å². The lowest BCUT2D eigenvalue weighted by Crippen LogP contribution is -2.15. The van der Waals surface area contributed by atoms with Gasteiger partial charge in [-0.25, -0.2) is 9.18 Å². The topological polar surface area (TPSA) is 66.4 Å². The highest BCUT2D eigenvalue weighted by molar-refractivity contribution is 7.16. The first kappa shape index (κ1) is 14.2. The summed E-state index contributed by atoms with van der Waals surface area (Å²) in [6, 6.07) is 5.55. The van der Waals surface area contributed by atoms with Crippen molar-refractivity contribution in [3.05, 3.63) is 51.7 Å². The monoisotopic (exact) mass is 293 g/mol. The van der Waals surface area contributed by atoms with Crippen LogP contribution in [0, 0.1) is 19.7 Å². The van der Waals surface area contributed by atoms with Gasteiger partial charge in [0.05, 0.1) is 11.1 Å². The summed E-state index contributed by atoms with van der Waals surface area (Å²) in [5.74, 6) is -2.42. The summed E-state index contributed by atoms with van der Waals surface area (Å²) in [5.41, 5.74) is 0.538. The summed E-state index contributed by atoms with van der Waals surface area (Å²) in [7, 11) is 0. The highest BCUT2D eigenvalue weighted by Gasteiger charge is 2.21. The minimum atomic E-state index is -1.12. The van der Waals surface area contributed by atoms with Gasteiger partial charge in [-0.05, 0) is 31.5 Å². The largest absolute Gasteiger partial charge is 0.478 e. The second kappa shape index (κ2) is 5.42. The molecule has 0 saturated heterocycles. The Morgan fingerprint density at radius 2 is 1.90 bits per heavy atom. The van der Waals surface area contributed by atoms with Crippen LogP contribution in [0.1, 0.15) is 31.2 Å². The van der Waals surface area contributed by atoms with E-state index in [0.29, 0.717) is 5.56 Å². The van der Waals surface area contributed by atoms with Crippen LogP contribution in [0.5, 0.6) is 0 Å². The molecule has 0 unspecified atom stereocenters. The number of carbonyl (C=O) groups is 2. The predicted octanol–water partition coefficient (Wildman–Crippen LogP) is 3.45. The molecule has 2 aromatic rings. The second-order valence-corrected chi connectivity index (χ2v) is 5.45. The molecule has 0 atom stereocenters. The van der Waals surface area contributed by atoms with Crippen LogP contribution in [0.2, 0.25) is 0 Å². The van der Waals surface area contributed by atoms with Gasteiger partial charge in [0.25, 0.3) is 5.91 Å². The summed E-state index contributed by atoms with van der Waals surface area (Å²) >= 11 is 1.16. The zero-order valence-corrected chi connectivity index (χ0v) is 11.7. The minimum Gasteiger partial charge on any atom is -0.478 e. The van der Waals surface area contributed by atoms with E-state index in [9.17, 15) is 19.1 Å². The van der Waals surface area contributed by atoms with Crippen molar-refractivity contribution in [2.45, 2.75) is 13.8 Å². The van der Waals surface area contributed by atoms with Crippen LogP contribution in [0.25, 0.3) is 0 Å². The molecule has 0 saturated carbocycles. The molecule has 1 heterocycles. The zero-order chi connectivity index (χ0) is 14.9. The van der Waals surface area contributed by atoms with Gasteiger partial charge in [-0.2, -0.15) is 0 Å². The molecular formula is C14H12FNO3S. The number of carboxylic acids is 1. The van der Waals surface area contributed by atoms with Crippen molar-refractivity contribution in [1.82, 2.24) is 0 Å². The average molecular weight is 293 g/mol. The molecule has 6 heteroatoms. The van der Waals surface area contributed by atoms with E-state index in [1.54, 1.807) is 19.9 Å². The number of anilines is 1. The normalized spacial score (nSPS) is 10.3. The molecule has 1 aromatic carbocycles. The number of hydrogen-bond donors (Lipinski definition) is 2. The third-order valence-corrected chi connectivity index (χ3v) is 4.07. The number of aromatic carboxylic acids is 1. The van der Waals surface area contributed by atoms with E-state index in [-0.39, 0.29) is 16.1 Å². The Morgan fingerprint density at radius 3 is 2.50 bits per heavy atom. The Bertz CT molecular complexity index is 694. The number of benzene rings is 1. The van der Waals surface area contributed by atoms with Crippen LogP contribution >= 0.6 is 11.3 Å². The fraction of sp³-hybridized carbons (Fsp3) is 0.143. The standard InChI is InChI=1S/C14H12FNO3S/c1-7-8(2)20-13(11(7)14(18)19)16-12(17)9-5-3-4-6-10(9)15/h3-6H,1-2H3,(H,16,17)(H,18,19). The second-order valence-electron chi connectivity index (χ2n) is 4.23. The maximum absolute atomic E-state index is 13.5. The van der Waals surface area contributed by atoms with Crippen molar-refractivity contribution in [3.63, 3.8) is 0 Å². The molecule has 0 aliphatic carbocycles. The Labute approximate surface area is 118 Å². The Hall–Kier alpha value is -2.21. The molecule has 4 nitrogen and oxygen atoms in total. The average Bonchev–Trinajstić information content (AvgIpc) is 2.65. The predicted molar refractivity (Wildman–Crippen MR) is 75.1 cm³/mol. The lowest BCUT2D eigenvalue weighted by Gasteiger charge is -2.05. The van der Waals surface area contributed by atoms with Gasteiger partial charge in [0, 0.05) is 4.88 Å². The number of rotatable bonds is 3. The van der Waals surface area contributed by atoms with E-state index in [4.69, 9.17) is 0 Å². The van der Waals surface area contributed by atoms with E-state index in [1.165, 1.54) is 18.2 Å². The van der Waals surface area contributed by atoms with Crippen molar-refractivity contribution in [1.29, 1.82) is 0 Å². The van der Waals surface area contributed by atoms with Crippen molar-refractivity contribution in [2.75, 3.05) is 5.32 Å². The molecule has 20 heavy (non-hydrogen) atoms. The van der Waals surface area contributed by atoms with E-state index < -0.39 is 17.7 Å². The van der Waals surface area contributed by atoms with E-state index in [0.717, 1.165) is 16.2 Å². The van der Waals surface area contributed by atoms with E-state index in [2.05, 4.69) is 5.32 Å². The number of carboxylic acid groups (broad SMARTS) is 1. The Balaban J connectivity index is 2.36. The summed E-state index contributed by atoms with van der Waals surface area (Å²) in [6.07, 6.45) is 0. The first-order valence-electron chi connectivity index (χ1n) is 5.81. The molecule has 0 spiro atoms. The van der Waals surface area contributed by atoms with Gasteiger partial charge in [0.15, 0.2) is 0 Å². The first-order chi connectivity index (χ1) is 9.41. The van der Waals surface area contributed by atoms with Crippen LogP contribution < -0.4 is 5.32 Å². The van der Waals surface area contributed by atoms with Crippen LogP contribution in [0.15, 0.2) is 24.3 Å². The highest BCUT2D eigenvalue weighted by Crippen LogP contribution is 2.32. The number of halogens is 1. The molecule has 2 N–H and O–H groups in total. The molecule has 0 aliphatic heterocycles. The number of hydrogen-bond acceptors (Lipinski definition) is 3. The van der Waals surface area contributed by atoms with Crippen LogP contribution in [0.3, 0.4) is 0 Å². The maximum Gasteiger partial charge on any atom is 0.338 e. The molecule has 1 amide bonds. The number of aryl methyl sites for hydroxylation is 1. The van der Waals surface area contributed by atoms with Gasteiger partial charge < -0.3 is 10.4 Å². The van der Waals surface area contributed by atoms with Crippen molar-refractivity contribution in [2.24, 2.45) is 0 Å². The first-order valence-corrected chi connectivity index (χ1v) is 6.62. The molecule has 104 valence electrons. The van der Waals surface area contributed by atoms with E-state index >= 15 is 0 Å². The molecular weight excluding hydrogens is 281 g/mol. The van der Waals surface area contributed by atoms with Gasteiger partial charge in [-0.1, -0.05) is 12.1 Å². The van der Waals surface area contributed by atoms with Gasteiger partial charge in [0.2, 0.25) is 0 Å². The SMILES string of the molecule is Cc1sc(NC(=O)c2ccccc2F)c(C(=O)O)c1C. The third kappa shape index (κ3) is 2.55. The number of nitrogens with one attached hydrogen (secondary N) is 1. The highest BCUT2D eigenvalue weighted by atomic mass is 32.1. The number of carbonyl (C=O) groups excluding carboxylic acids is 1. The lowest BCUT2D eigenvalue weighted by atomic mass is 10.1. The summed E-state index contributed by atoms with van der Waals surface area (Å²) in [5, 5.41) is 11.9. The van der Waals surface area contributed by atoms with Crippen LogP contribution in [0.4, 0.5) is 9.39 Å². The molecule has 1 aromatic heterocycles. The third-order valence-electron chi connectivity index (χ3n) is 2.94. The van der Waals surface area contributed by atoms with Gasteiger partial charge in [-0.15, -0.1) is 11.3 Å². The molecule has 0 radical (unpaired) electrons. The van der Waals surface area contributed by atoms with Crippen molar-refractivity contribution >= 4 is 28.2 Å². The quantitative estimate of drug-likeness (QED) is 0.910. The Kier molecular flexibility index (Phi) is 3.85. The molecule has 0 aliphatic rings. The fourth-order valence-corrected chi connectivity index (χ4v) is 2.84. The Morgan fingerprint density at radius 1 is 1.25 bits per heavy atom. The van der Waals surface area contributed by atoms with Crippen LogP contribution in [-0.4, -0.2) is 17.0 Å². The number of amides is 1. The van der Waals surface area contributed by atoms with Gasteiger partial charge in [-0.3, -0.25) is 4.79 Å². The summed E-state index contributed by atoms with van der Waals surface area (Å²) in [4.78, 5) is 24.0. The van der Waals surface area contributed by atoms with Crippen molar-refractivity contribution in [3.8, 4) is 0 Å². The lowest BCUT2D eigenvalue weighted by molar-refractivity contribution is 0.0697. The van der Waals surface area contributed by atoms with Gasteiger partial charge in [0.1, 0.15) is 10.8 Å².